The first kappa shape index (κ1) is 27.4. The van der Waals surface area contributed by atoms with Crippen LogP contribution in [0.15, 0.2) is 48.7 Å². The molecule has 3 aliphatic rings. The van der Waals surface area contributed by atoms with E-state index in [1.54, 1.807) is 13.3 Å². The summed E-state index contributed by atoms with van der Waals surface area (Å²) >= 11 is 0. The minimum Gasteiger partial charge on any atom is -0.496 e. The fourth-order valence-corrected chi connectivity index (χ4v) is 5.60. The number of rotatable bonds is 9. The Labute approximate surface area is 240 Å². The lowest BCUT2D eigenvalue weighted by Gasteiger charge is -2.46. The van der Waals surface area contributed by atoms with Crippen LogP contribution in [0, 0.1) is 11.3 Å². The number of methoxy groups -OCH3 is 1. The van der Waals surface area contributed by atoms with E-state index in [0.29, 0.717) is 42.2 Å². The first-order valence-corrected chi connectivity index (χ1v) is 14.3. The summed E-state index contributed by atoms with van der Waals surface area (Å²) in [6, 6.07) is 16.4. The quantitative estimate of drug-likeness (QED) is 0.418. The van der Waals surface area contributed by atoms with Gasteiger partial charge >= 0.3 is 0 Å². The van der Waals surface area contributed by atoms with Crippen molar-refractivity contribution >= 4 is 11.6 Å². The Balaban J connectivity index is 1.10. The molecule has 0 aliphatic carbocycles. The van der Waals surface area contributed by atoms with Gasteiger partial charge in [-0.3, -0.25) is 9.80 Å². The zero-order valence-electron chi connectivity index (χ0n) is 23.4. The molecule has 0 atom stereocenters. The number of morpholine rings is 1. The Hall–Kier alpha value is -3.75. The number of aromatic nitrogens is 2. The second kappa shape index (κ2) is 12.8. The van der Waals surface area contributed by atoms with Crippen molar-refractivity contribution in [2.75, 3.05) is 65.0 Å². The van der Waals surface area contributed by atoms with Crippen molar-refractivity contribution in [2.24, 2.45) is 0 Å². The first-order valence-electron chi connectivity index (χ1n) is 14.3. The van der Waals surface area contributed by atoms with Crippen LogP contribution < -0.4 is 14.8 Å². The second-order valence-corrected chi connectivity index (χ2v) is 10.7. The molecule has 4 heterocycles. The van der Waals surface area contributed by atoms with Gasteiger partial charge in [0.25, 0.3) is 0 Å². The summed E-state index contributed by atoms with van der Waals surface area (Å²) in [6.07, 6.45) is 3.43. The summed E-state index contributed by atoms with van der Waals surface area (Å²) in [5.74, 6) is 1.90. The predicted octanol–water partition coefficient (Wildman–Crippen LogP) is 3.84. The minimum atomic E-state index is 0.0675. The lowest BCUT2D eigenvalue weighted by Crippen LogP contribution is -2.60. The van der Waals surface area contributed by atoms with Crippen molar-refractivity contribution in [1.82, 2.24) is 19.8 Å². The van der Waals surface area contributed by atoms with Gasteiger partial charge in [0.2, 0.25) is 5.95 Å². The third-order valence-corrected chi connectivity index (χ3v) is 7.95. The number of benzene rings is 2. The molecule has 3 aromatic rings. The topological polar surface area (TPSA) is 105 Å². The minimum absolute atomic E-state index is 0.0675. The summed E-state index contributed by atoms with van der Waals surface area (Å²) in [4.78, 5) is 14.1. The number of nitrogens with zero attached hydrogens (tertiary/aromatic N) is 5. The third-order valence-electron chi connectivity index (χ3n) is 7.95. The molecule has 0 spiro atoms. The maximum atomic E-state index is 9.77. The molecule has 41 heavy (non-hydrogen) atoms. The van der Waals surface area contributed by atoms with Crippen molar-refractivity contribution in [2.45, 2.75) is 31.5 Å². The smallest absolute Gasteiger partial charge is 0.227 e. The highest BCUT2D eigenvalue weighted by Crippen LogP contribution is 2.30. The van der Waals surface area contributed by atoms with E-state index < -0.39 is 0 Å². The SMILES string of the molecule is COc1cc(Nc2nccc(-c3ccc(OC4CCOCC4)c(C#N)c3)n2)ccc1CN1CC(N2CCOCC2)C1. The highest BCUT2D eigenvalue weighted by Gasteiger charge is 2.32. The number of nitrogens with one attached hydrogen (secondary N) is 1. The van der Waals surface area contributed by atoms with E-state index in [1.165, 1.54) is 0 Å². The van der Waals surface area contributed by atoms with Crippen LogP contribution >= 0.6 is 0 Å². The Morgan fingerprint density at radius 1 is 1.00 bits per heavy atom. The van der Waals surface area contributed by atoms with Gasteiger partial charge in [0, 0.05) is 80.7 Å². The molecule has 0 amide bonds. The highest BCUT2D eigenvalue weighted by atomic mass is 16.5. The van der Waals surface area contributed by atoms with Crippen molar-refractivity contribution in [3.05, 3.63) is 59.8 Å². The molecule has 3 saturated heterocycles. The van der Waals surface area contributed by atoms with Crippen LogP contribution in [-0.4, -0.2) is 91.6 Å². The van der Waals surface area contributed by atoms with E-state index >= 15 is 0 Å². The Morgan fingerprint density at radius 2 is 1.80 bits per heavy atom. The lowest BCUT2D eigenvalue weighted by molar-refractivity contribution is -0.0345. The van der Waals surface area contributed by atoms with Crippen LogP contribution in [0.25, 0.3) is 11.3 Å². The molecule has 0 bridgehead atoms. The molecule has 2 aromatic carbocycles. The molecule has 10 nitrogen and oxygen atoms in total. The van der Waals surface area contributed by atoms with Crippen LogP contribution in [0.5, 0.6) is 11.5 Å². The van der Waals surface area contributed by atoms with Crippen molar-refractivity contribution in [1.29, 1.82) is 5.26 Å². The number of hydrogen-bond donors (Lipinski definition) is 1. The molecule has 1 N–H and O–H groups in total. The average molecular weight is 557 g/mol. The Bertz CT molecular complexity index is 1380. The Morgan fingerprint density at radius 3 is 2.59 bits per heavy atom. The van der Waals surface area contributed by atoms with Gasteiger partial charge in [-0.05, 0) is 30.3 Å². The molecule has 1 aromatic heterocycles. The molecule has 0 unspecified atom stereocenters. The van der Waals surface area contributed by atoms with Gasteiger partial charge < -0.3 is 24.3 Å². The molecule has 6 rings (SSSR count). The fraction of sp³-hybridized carbons (Fsp3) is 0.452. The fourth-order valence-electron chi connectivity index (χ4n) is 5.60. The van der Waals surface area contributed by atoms with E-state index in [9.17, 15) is 5.26 Å². The van der Waals surface area contributed by atoms with Crippen LogP contribution in [0.4, 0.5) is 11.6 Å². The van der Waals surface area contributed by atoms with E-state index in [1.807, 2.05) is 36.4 Å². The number of anilines is 2. The standard InChI is InChI=1S/C31H36N6O4/c1-38-30-17-25(4-2-23(30)19-36-20-26(21-36)37-10-14-40-15-11-37)34-31-33-9-6-28(35-31)22-3-5-29(24(16-22)18-32)41-27-7-12-39-13-8-27/h2-6,9,16-17,26-27H,7-8,10-15,19-21H2,1H3,(H,33,34,35). The molecule has 0 radical (unpaired) electrons. The molecular weight excluding hydrogens is 520 g/mol. The number of hydrogen-bond acceptors (Lipinski definition) is 10. The van der Waals surface area contributed by atoms with Gasteiger partial charge in [-0.2, -0.15) is 5.26 Å². The summed E-state index contributed by atoms with van der Waals surface area (Å²) in [7, 11) is 1.70. The molecule has 214 valence electrons. The van der Waals surface area contributed by atoms with Gasteiger partial charge in [0.15, 0.2) is 0 Å². The van der Waals surface area contributed by atoms with Crippen molar-refractivity contribution < 1.29 is 18.9 Å². The number of likely N-dealkylation sites (tertiary alicyclic amines) is 1. The van der Waals surface area contributed by atoms with Crippen molar-refractivity contribution in [3.8, 4) is 28.8 Å². The maximum absolute atomic E-state index is 9.77. The largest absolute Gasteiger partial charge is 0.496 e. The predicted molar refractivity (Wildman–Crippen MR) is 154 cm³/mol. The third kappa shape index (κ3) is 6.60. The summed E-state index contributed by atoms with van der Waals surface area (Å²) in [5, 5.41) is 13.1. The normalized spacial score (nSPS) is 18.8. The summed E-state index contributed by atoms with van der Waals surface area (Å²) < 4.78 is 22.7. The average Bonchev–Trinajstić information content (AvgIpc) is 3.00. The van der Waals surface area contributed by atoms with Gasteiger partial charge in [0.05, 0.1) is 44.8 Å². The highest BCUT2D eigenvalue weighted by molar-refractivity contribution is 5.66. The zero-order chi connectivity index (χ0) is 28.0. The van der Waals surface area contributed by atoms with E-state index in [2.05, 4.69) is 32.2 Å². The van der Waals surface area contributed by atoms with Crippen LogP contribution in [-0.2, 0) is 16.0 Å². The summed E-state index contributed by atoms with van der Waals surface area (Å²) in [6.45, 7) is 8.09. The molecule has 0 saturated carbocycles. The Kier molecular flexibility index (Phi) is 8.58. The molecule has 10 heteroatoms. The number of nitriles is 1. The number of ether oxygens (including phenoxy) is 4. The van der Waals surface area contributed by atoms with Gasteiger partial charge in [0.1, 0.15) is 23.7 Å². The molecular formula is C31H36N6O4. The van der Waals surface area contributed by atoms with Crippen LogP contribution in [0.1, 0.15) is 24.0 Å². The van der Waals surface area contributed by atoms with Gasteiger partial charge in [-0.15, -0.1) is 0 Å². The monoisotopic (exact) mass is 556 g/mol. The van der Waals surface area contributed by atoms with E-state index in [-0.39, 0.29) is 6.10 Å². The second-order valence-electron chi connectivity index (χ2n) is 10.7. The maximum Gasteiger partial charge on any atom is 0.227 e. The molecule has 3 fully saturated rings. The van der Waals surface area contributed by atoms with Crippen LogP contribution in [0.2, 0.25) is 0 Å². The first-order chi connectivity index (χ1) is 20.2. The van der Waals surface area contributed by atoms with E-state index in [0.717, 1.165) is 81.3 Å². The summed E-state index contributed by atoms with van der Waals surface area (Å²) in [5.41, 5.74) is 4.02. The zero-order valence-corrected chi connectivity index (χ0v) is 23.4. The van der Waals surface area contributed by atoms with Gasteiger partial charge in [-0.1, -0.05) is 6.07 Å². The van der Waals surface area contributed by atoms with Crippen LogP contribution in [0.3, 0.4) is 0 Å². The molecule has 3 aliphatic heterocycles. The van der Waals surface area contributed by atoms with Gasteiger partial charge in [-0.25, -0.2) is 9.97 Å². The van der Waals surface area contributed by atoms with Crippen molar-refractivity contribution in [3.63, 3.8) is 0 Å². The lowest BCUT2D eigenvalue weighted by atomic mass is 10.0. The van der Waals surface area contributed by atoms with E-state index in [4.69, 9.17) is 23.9 Å².